The van der Waals surface area contributed by atoms with Gasteiger partial charge in [-0.3, -0.25) is 9.69 Å². The molecule has 30 heavy (non-hydrogen) atoms. The number of piperidine rings is 1. The minimum absolute atomic E-state index is 0.0227. The lowest BCUT2D eigenvalue weighted by molar-refractivity contribution is -0.148. The van der Waals surface area contributed by atoms with Crippen molar-refractivity contribution >= 4 is 29.2 Å². The highest BCUT2D eigenvalue weighted by atomic mass is 35.5. The first-order chi connectivity index (χ1) is 14.5. The maximum Gasteiger partial charge on any atom is 0.308 e. The third-order valence-electron chi connectivity index (χ3n) is 6.47. The number of halogens is 2. The molecular formula is C24H27Cl2NO3. The van der Waals surface area contributed by atoms with Gasteiger partial charge in [-0.15, -0.1) is 0 Å². The Morgan fingerprint density at radius 1 is 1.17 bits per heavy atom. The van der Waals surface area contributed by atoms with E-state index in [4.69, 9.17) is 32.7 Å². The van der Waals surface area contributed by atoms with Crippen LogP contribution in [-0.4, -0.2) is 30.6 Å². The van der Waals surface area contributed by atoms with E-state index in [1.165, 1.54) is 18.2 Å². The first-order valence-electron chi connectivity index (χ1n) is 10.5. The number of hydrogen-bond donors (Lipinski definition) is 0. The Labute approximate surface area is 188 Å². The van der Waals surface area contributed by atoms with Crippen LogP contribution in [0.25, 0.3) is 0 Å². The van der Waals surface area contributed by atoms with E-state index in [9.17, 15) is 4.79 Å². The van der Waals surface area contributed by atoms with Crippen molar-refractivity contribution in [1.29, 1.82) is 0 Å². The fourth-order valence-corrected chi connectivity index (χ4v) is 5.37. The SMILES string of the molecule is COC(=O)C1CCN(C2CCc3cc(OCc4c(Cl)cccc4Cl)ccc32)C(C)C1. The summed E-state index contributed by atoms with van der Waals surface area (Å²) < 4.78 is 10.9. The number of methoxy groups -OCH3 is 1. The molecule has 3 atom stereocenters. The van der Waals surface area contributed by atoms with Gasteiger partial charge in [-0.05, 0) is 74.5 Å². The van der Waals surface area contributed by atoms with E-state index in [1.807, 2.05) is 24.3 Å². The first-order valence-corrected chi connectivity index (χ1v) is 11.3. The summed E-state index contributed by atoms with van der Waals surface area (Å²) in [7, 11) is 1.48. The minimum atomic E-state index is -0.0752. The number of hydrogen-bond acceptors (Lipinski definition) is 4. The molecule has 4 nitrogen and oxygen atoms in total. The van der Waals surface area contributed by atoms with E-state index >= 15 is 0 Å². The zero-order valence-corrected chi connectivity index (χ0v) is 18.9. The van der Waals surface area contributed by atoms with Crippen molar-refractivity contribution in [2.24, 2.45) is 5.92 Å². The monoisotopic (exact) mass is 447 g/mol. The predicted octanol–water partition coefficient (Wildman–Crippen LogP) is 5.83. The van der Waals surface area contributed by atoms with Gasteiger partial charge in [0.25, 0.3) is 0 Å². The lowest BCUT2D eigenvalue weighted by atomic mass is 9.89. The molecule has 0 N–H and O–H groups in total. The van der Waals surface area contributed by atoms with E-state index in [2.05, 4.69) is 24.0 Å². The summed E-state index contributed by atoms with van der Waals surface area (Å²) in [5.41, 5.74) is 3.52. The van der Waals surface area contributed by atoms with E-state index in [1.54, 1.807) is 0 Å². The number of esters is 1. The maximum atomic E-state index is 11.9. The van der Waals surface area contributed by atoms with Crippen LogP contribution in [0.2, 0.25) is 10.0 Å². The molecule has 1 fully saturated rings. The predicted molar refractivity (Wildman–Crippen MR) is 119 cm³/mol. The third-order valence-corrected chi connectivity index (χ3v) is 7.18. The van der Waals surface area contributed by atoms with Crippen LogP contribution < -0.4 is 4.74 Å². The Hall–Kier alpha value is -1.75. The van der Waals surface area contributed by atoms with Crippen LogP contribution in [0, 0.1) is 5.92 Å². The van der Waals surface area contributed by atoms with Gasteiger partial charge < -0.3 is 9.47 Å². The molecule has 0 saturated carbocycles. The van der Waals surface area contributed by atoms with Gasteiger partial charge in [0, 0.05) is 27.7 Å². The number of benzene rings is 2. The number of carbonyl (C=O) groups is 1. The smallest absolute Gasteiger partial charge is 0.308 e. The largest absolute Gasteiger partial charge is 0.489 e. The van der Waals surface area contributed by atoms with Gasteiger partial charge in [0.05, 0.1) is 13.0 Å². The molecule has 0 bridgehead atoms. The minimum Gasteiger partial charge on any atom is -0.489 e. The molecule has 2 aliphatic rings. The van der Waals surface area contributed by atoms with Crippen LogP contribution in [0.5, 0.6) is 5.75 Å². The number of nitrogens with zero attached hydrogens (tertiary/aromatic N) is 1. The second-order valence-electron chi connectivity index (χ2n) is 8.24. The second-order valence-corrected chi connectivity index (χ2v) is 9.05. The average Bonchev–Trinajstić information content (AvgIpc) is 3.15. The zero-order chi connectivity index (χ0) is 21.3. The van der Waals surface area contributed by atoms with E-state index < -0.39 is 0 Å². The van der Waals surface area contributed by atoms with E-state index in [-0.39, 0.29) is 11.9 Å². The molecule has 2 aromatic rings. The van der Waals surface area contributed by atoms with E-state index in [0.29, 0.717) is 28.7 Å². The number of rotatable bonds is 5. The van der Waals surface area contributed by atoms with Crippen molar-refractivity contribution in [3.05, 3.63) is 63.1 Å². The van der Waals surface area contributed by atoms with Crippen molar-refractivity contribution < 1.29 is 14.3 Å². The number of fused-ring (bicyclic) bond motifs is 1. The van der Waals surface area contributed by atoms with Gasteiger partial charge >= 0.3 is 5.97 Å². The van der Waals surface area contributed by atoms with Gasteiger partial charge in [0.2, 0.25) is 0 Å². The van der Waals surface area contributed by atoms with Crippen LogP contribution in [0.15, 0.2) is 36.4 Å². The first kappa shape index (κ1) is 21.5. The summed E-state index contributed by atoms with van der Waals surface area (Å²) in [6, 6.07) is 12.6. The molecule has 6 heteroatoms. The normalized spacial score (nSPS) is 23.8. The van der Waals surface area contributed by atoms with Crippen LogP contribution in [-0.2, 0) is 22.6 Å². The Morgan fingerprint density at radius 2 is 1.93 bits per heavy atom. The molecule has 1 saturated heterocycles. The lowest BCUT2D eigenvalue weighted by Crippen LogP contribution is -2.44. The van der Waals surface area contributed by atoms with Gasteiger partial charge in [0.15, 0.2) is 0 Å². The average molecular weight is 448 g/mol. The van der Waals surface area contributed by atoms with Crippen molar-refractivity contribution in [3.63, 3.8) is 0 Å². The highest BCUT2D eigenvalue weighted by Crippen LogP contribution is 2.41. The summed E-state index contributed by atoms with van der Waals surface area (Å²) in [5, 5.41) is 1.24. The zero-order valence-electron chi connectivity index (χ0n) is 17.4. The Morgan fingerprint density at radius 3 is 2.63 bits per heavy atom. The highest BCUT2D eigenvalue weighted by molar-refractivity contribution is 6.35. The molecule has 1 heterocycles. The molecule has 3 unspecified atom stereocenters. The van der Waals surface area contributed by atoms with Crippen molar-refractivity contribution in [2.45, 2.75) is 51.3 Å². The Balaban J connectivity index is 1.43. The quantitative estimate of drug-likeness (QED) is 0.540. The van der Waals surface area contributed by atoms with Gasteiger partial charge in [-0.2, -0.15) is 0 Å². The molecule has 1 aliphatic heterocycles. The Bertz CT molecular complexity index is 912. The molecular weight excluding hydrogens is 421 g/mol. The second kappa shape index (κ2) is 9.17. The molecule has 0 aromatic heterocycles. The molecule has 0 amide bonds. The fraction of sp³-hybridized carbons (Fsp3) is 0.458. The topological polar surface area (TPSA) is 38.8 Å². The summed E-state index contributed by atoms with van der Waals surface area (Å²) in [6.45, 7) is 3.49. The van der Waals surface area contributed by atoms with Crippen LogP contribution in [0.3, 0.4) is 0 Å². The molecule has 4 rings (SSSR count). The Kier molecular flexibility index (Phi) is 6.57. The summed E-state index contributed by atoms with van der Waals surface area (Å²) in [4.78, 5) is 14.5. The molecule has 1 aliphatic carbocycles. The number of carbonyl (C=O) groups excluding carboxylic acids is 1. The van der Waals surface area contributed by atoms with Crippen molar-refractivity contribution in [3.8, 4) is 5.75 Å². The van der Waals surface area contributed by atoms with Gasteiger partial charge in [-0.1, -0.05) is 35.3 Å². The molecule has 0 spiro atoms. The number of ether oxygens (including phenoxy) is 2. The third kappa shape index (κ3) is 4.32. The van der Waals surface area contributed by atoms with Crippen molar-refractivity contribution in [1.82, 2.24) is 4.90 Å². The summed E-state index contributed by atoms with van der Waals surface area (Å²) >= 11 is 12.5. The van der Waals surface area contributed by atoms with Gasteiger partial charge in [-0.25, -0.2) is 0 Å². The summed E-state index contributed by atoms with van der Waals surface area (Å²) in [6.07, 6.45) is 3.86. The highest BCUT2D eigenvalue weighted by Gasteiger charge is 2.37. The van der Waals surface area contributed by atoms with Crippen molar-refractivity contribution in [2.75, 3.05) is 13.7 Å². The lowest BCUT2D eigenvalue weighted by Gasteiger charge is -2.40. The van der Waals surface area contributed by atoms with Gasteiger partial charge in [0.1, 0.15) is 12.4 Å². The van der Waals surface area contributed by atoms with Crippen LogP contribution in [0.1, 0.15) is 48.9 Å². The van der Waals surface area contributed by atoms with Crippen LogP contribution in [0.4, 0.5) is 0 Å². The molecule has 160 valence electrons. The fourth-order valence-electron chi connectivity index (χ4n) is 4.87. The molecule has 2 aromatic carbocycles. The molecule has 0 radical (unpaired) electrons. The maximum absolute atomic E-state index is 11.9. The number of aryl methyl sites for hydroxylation is 1. The standard InChI is InChI=1S/C24H27Cl2NO3/c1-15-12-17(24(28)29-2)10-11-27(15)23-9-6-16-13-18(7-8-19(16)23)30-14-20-21(25)4-3-5-22(20)26/h3-5,7-8,13,15,17,23H,6,9-12,14H2,1-2H3. The van der Waals surface area contributed by atoms with E-state index in [0.717, 1.165) is 43.5 Å². The summed E-state index contributed by atoms with van der Waals surface area (Å²) in [5.74, 6) is 0.783. The number of likely N-dealkylation sites (tertiary alicyclic amines) is 1. The van der Waals surface area contributed by atoms with Crippen LogP contribution >= 0.6 is 23.2 Å².